The highest BCUT2D eigenvalue weighted by Gasteiger charge is 2.17. The fourth-order valence-corrected chi connectivity index (χ4v) is 2.44. The molecule has 0 unspecified atom stereocenters. The van der Waals surface area contributed by atoms with Gasteiger partial charge in [-0.05, 0) is 30.7 Å². The number of carbonyl (C=O) groups is 1. The molecular weight excluding hydrogens is 306 g/mol. The highest BCUT2D eigenvalue weighted by Crippen LogP contribution is 2.24. The summed E-state index contributed by atoms with van der Waals surface area (Å²) in [5, 5.41) is 2.88. The zero-order valence-corrected chi connectivity index (χ0v) is 13.4. The second-order valence-corrected chi connectivity index (χ2v) is 5.51. The molecule has 1 saturated heterocycles. The number of para-hydroxylation sites is 1. The van der Waals surface area contributed by atoms with Crippen molar-refractivity contribution in [3.63, 3.8) is 0 Å². The Kier molecular flexibility index (Phi) is 5.82. The molecule has 1 amide bonds. The van der Waals surface area contributed by atoms with E-state index in [1.165, 1.54) is 0 Å². The van der Waals surface area contributed by atoms with Crippen LogP contribution >= 0.6 is 0 Å². The molecule has 1 N–H and O–H groups in total. The van der Waals surface area contributed by atoms with Gasteiger partial charge in [-0.3, -0.25) is 4.79 Å². The average Bonchev–Trinajstić information content (AvgIpc) is 3.15. The predicted octanol–water partition coefficient (Wildman–Crippen LogP) is 3.53. The molecule has 5 nitrogen and oxygen atoms in total. The summed E-state index contributed by atoms with van der Waals surface area (Å²) in [6.45, 7) is 1.76. The van der Waals surface area contributed by atoms with Gasteiger partial charge in [0.15, 0.2) is 6.29 Å². The van der Waals surface area contributed by atoms with Crippen LogP contribution in [0.5, 0.6) is 5.75 Å². The molecule has 1 aliphatic heterocycles. The standard InChI is InChI=1S/C19H21NO4/c21-18(7-4-12-22-17-5-2-1-3-6-17)20-16-10-8-15(9-11-16)19-23-13-14-24-19/h1-3,5-6,8-11,19H,4,7,12-14H2,(H,20,21). The van der Waals surface area contributed by atoms with Gasteiger partial charge < -0.3 is 19.5 Å². The first-order valence-corrected chi connectivity index (χ1v) is 8.12. The van der Waals surface area contributed by atoms with Crippen molar-refractivity contribution in [2.45, 2.75) is 19.1 Å². The van der Waals surface area contributed by atoms with E-state index in [-0.39, 0.29) is 12.2 Å². The molecule has 2 aromatic rings. The lowest BCUT2D eigenvalue weighted by Gasteiger charge is -2.11. The quantitative estimate of drug-likeness (QED) is 0.791. The van der Waals surface area contributed by atoms with Crippen LogP contribution in [0.3, 0.4) is 0 Å². The maximum absolute atomic E-state index is 11.9. The number of hydrogen-bond donors (Lipinski definition) is 1. The van der Waals surface area contributed by atoms with Crippen LogP contribution in [-0.4, -0.2) is 25.7 Å². The molecule has 0 atom stereocenters. The zero-order chi connectivity index (χ0) is 16.6. The van der Waals surface area contributed by atoms with E-state index < -0.39 is 0 Å². The van der Waals surface area contributed by atoms with Crippen LogP contribution in [0.15, 0.2) is 54.6 Å². The number of hydrogen-bond acceptors (Lipinski definition) is 4. The third-order valence-electron chi connectivity index (χ3n) is 3.65. The van der Waals surface area contributed by atoms with E-state index in [2.05, 4.69) is 5.32 Å². The lowest BCUT2D eigenvalue weighted by Crippen LogP contribution is -2.13. The van der Waals surface area contributed by atoms with Gasteiger partial charge in [-0.15, -0.1) is 0 Å². The maximum Gasteiger partial charge on any atom is 0.224 e. The number of rotatable bonds is 7. The first-order chi connectivity index (χ1) is 11.8. The minimum absolute atomic E-state index is 0.0206. The normalized spacial score (nSPS) is 14.5. The molecule has 5 heteroatoms. The molecule has 0 radical (unpaired) electrons. The number of carbonyl (C=O) groups excluding carboxylic acids is 1. The van der Waals surface area contributed by atoms with E-state index >= 15 is 0 Å². The first-order valence-electron chi connectivity index (χ1n) is 8.12. The number of ether oxygens (including phenoxy) is 3. The fourth-order valence-electron chi connectivity index (χ4n) is 2.44. The van der Waals surface area contributed by atoms with Gasteiger partial charge in [0.1, 0.15) is 5.75 Å². The van der Waals surface area contributed by atoms with Crippen LogP contribution in [0.4, 0.5) is 5.69 Å². The van der Waals surface area contributed by atoms with Gasteiger partial charge in [0.2, 0.25) is 5.91 Å². The van der Waals surface area contributed by atoms with Crippen LogP contribution in [0.1, 0.15) is 24.7 Å². The summed E-state index contributed by atoms with van der Waals surface area (Å²) in [7, 11) is 0. The van der Waals surface area contributed by atoms with Crippen molar-refractivity contribution in [2.24, 2.45) is 0 Å². The largest absolute Gasteiger partial charge is 0.494 e. The molecule has 2 aromatic carbocycles. The van der Waals surface area contributed by atoms with Crippen molar-refractivity contribution in [3.8, 4) is 5.75 Å². The van der Waals surface area contributed by atoms with Gasteiger partial charge in [0.25, 0.3) is 0 Å². The molecule has 0 saturated carbocycles. The van der Waals surface area contributed by atoms with E-state index in [1.54, 1.807) is 0 Å². The smallest absolute Gasteiger partial charge is 0.224 e. The van der Waals surface area contributed by atoms with Crippen LogP contribution in [0.2, 0.25) is 0 Å². The monoisotopic (exact) mass is 327 g/mol. The van der Waals surface area contributed by atoms with Gasteiger partial charge in [-0.25, -0.2) is 0 Å². The number of amides is 1. The van der Waals surface area contributed by atoms with Crippen molar-refractivity contribution in [1.29, 1.82) is 0 Å². The highest BCUT2D eigenvalue weighted by atomic mass is 16.7. The molecule has 1 fully saturated rings. The minimum Gasteiger partial charge on any atom is -0.494 e. The lowest BCUT2D eigenvalue weighted by molar-refractivity contribution is -0.116. The Hall–Kier alpha value is -2.37. The Morgan fingerprint density at radius 2 is 1.75 bits per heavy atom. The summed E-state index contributed by atoms with van der Waals surface area (Å²) < 4.78 is 16.4. The molecular formula is C19H21NO4. The van der Waals surface area contributed by atoms with Crippen molar-refractivity contribution in [3.05, 3.63) is 60.2 Å². The second kappa shape index (κ2) is 8.47. The number of benzene rings is 2. The third-order valence-corrected chi connectivity index (χ3v) is 3.65. The Labute approximate surface area is 141 Å². The Morgan fingerprint density at radius 1 is 1.04 bits per heavy atom. The summed E-state index contributed by atoms with van der Waals surface area (Å²) in [6, 6.07) is 17.1. The minimum atomic E-state index is -0.287. The maximum atomic E-state index is 11.9. The first kappa shape index (κ1) is 16.5. The molecule has 0 aliphatic carbocycles. The fraction of sp³-hybridized carbons (Fsp3) is 0.316. The zero-order valence-electron chi connectivity index (χ0n) is 13.4. The summed E-state index contributed by atoms with van der Waals surface area (Å²) in [6.07, 6.45) is 0.802. The Morgan fingerprint density at radius 3 is 2.46 bits per heavy atom. The van der Waals surface area contributed by atoms with Crippen LogP contribution < -0.4 is 10.1 Å². The molecule has 0 spiro atoms. The van der Waals surface area contributed by atoms with Crippen molar-refractivity contribution in [2.75, 3.05) is 25.1 Å². The van der Waals surface area contributed by atoms with Crippen molar-refractivity contribution in [1.82, 2.24) is 0 Å². The van der Waals surface area contributed by atoms with Crippen molar-refractivity contribution < 1.29 is 19.0 Å². The summed E-state index contributed by atoms with van der Waals surface area (Å²) in [5.74, 6) is 0.803. The average molecular weight is 327 g/mol. The van der Waals surface area contributed by atoms with Gasteiger partial charge >= 0.3 is 0 Å². The van der Waals surface area contributed by atoms with Gasteiger partial charge in [-0.1, -0.05) is 30.3 Å². The molecule has 1 aliphatic rings. The van der Waals surface area contributed by atoms with E-state index in [0.29, 0.717) is 32.7 Å². The summed E-state index contributed by atoms with van der Waals surface area (Å²) in [5.41, 5.74) is 1.73. The van der Waals surface area contributed by atoms with E-state index in [1.807, 2.05) is 54.6 Å². The SMILES string of the molecule is O=C(CCCOc1ccccc1)Nc1ccc(C2OCCO2)cc1. The van der Waals surface area contributed by atoms with E-state index in [0.717, 1.165) is 17.0 Å². The summed E-state index contributed by atoms with van der Waals surface area (Å²) in [4.78, 5) is 11.9. The molecule has 3 rings (SSSR count). The van der Waals surface area contributed by atoms with Gasteiger partial charge in [0, 0.05) is 17.7 Å². The molecule has 0 bridgehead atoms. The third kappa shape index (κ3) is 4.81. The predicted molar refractivity (Wildman–Crippen MR) is 90.9 cm³/mol. The Balaban J connectivity index is 1.38. The molecule has 1 heterocycles. The van der Waals surface area contributed by atoms with E-state index in [9.17, 15) is 4.79 Å². The summed E-state index contributed by atoms with van der Waals surface area (Å²) >= 11 is 0. The molecule has 24 heavy (non-hydrogen) atoms. The molecule has 0 aromatic heterocycles. The molecule has 126 valence electrons. The lowest BCUT2D eigenvalue weighted by atomic mass is 10.2. The van der Waals surface area contributed by atoms with Crippen LogP contribution in [0, 0.1) is 0 Å². The van der Waals surface area contributed by atoms with Crippen LogP contribution in [0.25, 0.3) is 0 Å². The van der Waals surface area contributed by atoms with Crippen molar-refractivity contribution >= 4 is 11.6 Å². The van der Waals surface area contributed by atoms with E-state index in [4.69, 9.17) is 14.2 Å². The highest BCUT2D eigenvalue weighted by molar-refractivity contribution is 5.90. The van der Waals surface area contributed by atoms with Gasteiger partial charge in [-0.2, -0.15) is 0 Å². The Bertz CT molecular complexity index is 636. The number of anilines is 1. The second-order valence-electron chi connectivity index (χ2n) is 5.51. The number of nitrogens with one attached hydrogen (secondary N) is 1. The van der Waals surface area contributed by atoms with Crippen LogP contribution in [-0.2, 0) is 14.3 Å². The topological polar surface area (TPSA) is 56.8 Å². The van der Waals surface area contributed by atoms with Gasteiger partial charge in [0.05, 0.1) is 19.8 Å².